The highest BCUT2D eigenvalue weighted by atomic mass is 16.6. The van der Waals surface area contributed by atoms with Gasteiger partial charge in [0.05, 0.1) is 0 Å². The quantitative estimate of drug-likeness (QED) is 0.0261. The van der Waals surface area contributed by atoms with Gasteiger partial charge in [-0.15, -0.1) is 0 Å². The largest absolute Gasteiger partial charge is 0.462 e. The van der Waals surface area contributed by atoms with E-state index >= 15 is 0 Å². The molecule has 0 rings (SSSR count). The Morgan fingerprint density at radius 1 is 0.266 bits per heavy atom. The van der Waals surface area contributed by atoms with Gasteiger partial charge in [0.25, 0.3) is 0 Å². The van der Waals surface area contributed by atoms with Crippen LogP contribution in [0.2, 0.25) is 0 Å². The molecule has 0 fully saturated rings. The topological polar surface area (TPSA) is 78.9 Å². The number of rotatable bonds is 59. The Hall–Kier alpha value is -4.19. The molecule has 1 unspecified atom stereocenters. The minimum Gasteiger partial charge on any atom is -0.462 e. The molecule has 0 saturated carbocycles. The van der Waals surface area contributed by atoms with Crippen molar-refractivity contribution in [3.05, 3.63) is 122 Å². The second kappa shape index (κ2) is 66.3. The van der Waals surface area contributed by atoms with Crippen molar-refractivity contribution in [2.45, 2.75) is 309 Å². The first kappa shape index (κ1) is 74.8. The lowest BCUT2D eigenvalue weighted by molar-refractivity contribution is -0.167. The molecule has 0 radical (unpaired) electrons. The van der Waals surface area contributed by atoms with E-state index in [9.17, 15) is 14.4 Å². The summed E-state index contributed by atoms with van der Waals surface area (Å²) in [6, 6.07) is 0. The monoisotopic (exact) mass is 1090 g/mol. The summed E-state index contributed by atoms with van der Waals surface area (Å²) in [7, 11) is 0. The number of allylic oxidation sites excluding steroid dienone is 20. The molecule has 6 heteroatoms. The number of hydrogen-bond donors (Lipinski definition) is 0. The lowest BCUT2D eigenvalue weighted by Crippen LogP contribution is -2.30. The van der Waals surface area contributed by atoms with Crippen LogP contribution >= 0.6 is 0 Å². The Morgan fingerprint density at radius 2 is 0.494 bits per heavy atom. The lowest BCUT2D eigenvalue weighted by Gasteiger charge is -2.18. The first-order valence-electron chi connectivity index (χ1n) is 33.0. The van der Waals surface area contributed by atoms with Crippen LogP contribution in [0.5, 0.6) is 0 Å². The van der Waals surface area contributed by atoms with E-state index in [2.05, 4.69) is 142 Å². The lowest BCUT2D eigenvalue weighted by atomic mass is 10.1. The molecule has 0 aliphatic heterocycles. The molecule has 0 aliphatic rings. The van der Waals surface area contributed by atoms with Crippen molar-refractivity contribution in [3.8, 4) is 0 Å². The van der Waals surface area contributed by atoms with Gasteiger partial charge in [-0.25, -0.2) is 0 Å². The Bertz CT molecular complexity index is 1640. The van der Waals surface area contributed by atoms with E-state index in [1.807, 2.05) is 0 Å². The molecular weight excluding hydrogens is 973 g/mol. The van der Waals surface area contributed by atoms with Gasteiger partial charge < -0.3 is 14.2 Å². The predicted molar refractivity (Wildman–Crippen MR) is 343 cm³/mol. The van der Waals surface area contributed by atoms with Crippen molar-refractivity contribution in [2.24, 2.45) is 0 Å². The molecule has 0 spiro atoms. The van der Waals surface area contributed by atoms with Crippen molar-refractivity contribution in [3.63, 3.8) is 0 Å². The van der Waals surface area contributed by atoms with E-state index in [1.165, 1.54) is 141 Å². The van der Waals surface area contributed by atoms with Crippen LogP contribution in [-0.2, 0) is 28.6 Å². The van der Waals surface area contributed by atoms with Gasteiger partial charge in [-0.05, 0) is 116 Å². The number of ether oxygens (including phenoxy) is 3. The fourth-order valence-corrected chi connectivity index (χ4v) is 9.02. The first-order valence-corrected chi connectivity index (χ1v) is 33.0. The molecule has 0 N–H and O–H groups in total. The van der Waals surface area contributed by atoms with Crippen molar-refractivity contribution < 1.29 is 28.6 Å². The third-order valence-electron chi connectivity index (χ3n) is 14.0. The maximum atomic E-state index is 12.9. The summed E-state index contributed by atoms with van der Waals surface area (Å²) in [5.74, 6) is -0.891. The van der Waals surface area contributed by atoms with Gasteiger partial charge >= 0.3 is 17.9 Å². The smallest absolute Gasteiger partial charge is 0.306 e. The van der Waals surface area contributed by atoms with Crippen LogP contribution in [0, 0.1) is 0 Å². The maximum Gasteiger partial charge on any atom is 0.306 e. The summed E-state index contributed by atoms with van der Waals surface area (Å²) in [6.07, 6.45) is 92.2. The predicted octanol–water partition coefficient (Wildman–Crippen LogP) is 22.8. The zero-order chi connectivity index (χ0) is 57.1. The van der Waals surface area contributed by atoms with Crippen LogP contribution in [0.25, 0.3) is 0 Å². The van der Waals surface area contributed by atoms with E-state index in [-0.39, 0.29) is 31.1 Å². The molecule has 1 atom stereocenters. The summed E-state index contributed by atoms with van der Waals surface area (Å²) >= 11 is 0. The minimum absolute atomic E-state index is 0.0813. The molecule has 0 saturated heterocycles. The minimum atomic E-state index is -0.784. The van der Waals surface area contributed by atoms with Crippen LogP contribution < -0.4 is 0 Å². The Balaban J connectivity index is 4.21. The Kier molecular flexibility index (Phi) is 62.8. The van der Waals surface area contributed by atoms with E-state index in [0.29, 0.717) is 19.3 Å². The van der Waals surface area contributed by atoms with Crippen LogP contribution in [-0.4, -0.2) is 37.2 Å². The standard InChI is InChI=1S/C73H122O6/c1-4-7-10-13-16-19-21-23-25-27-29-30-31-32-33-34-35-36-37-38-39-40-41-42-44-45-47-49-51-54-57-60-63-66-72(75)78-69-70(68-77-71(74)65-62-59-56-53-18-15-12-9-6-3)79-73(76)67-64-61-58-55-52-50-48-46-43-28-26-24-22-20-17-14-11-8-5-2/h7,10,16-17,19-20,23-26,29-30,32-33,35-36,38-39,41-42,70H,4-6,8-9,11-15,18,21-22,27-28,31,34,37,40,43-69H2,1-3H3/b10-7-,19-16-,20-17-,25-23-,26-24-,30-29-,33-32-,36-35-,39-38-,42-41-. The molecule has 6 nitrogen and oxygen atoms in total. The molecular formula is C73H122O6. The average Bonchev–Trinajstić information content (AvgIpc) is 3.45. The SMILES string of the molecule is CC/C=C\C/C=C\C/C=C\C/C=C\C/C=C\C/C=C\C/C=C\C/C=C\CCCCCCCCCCC(=O)OCC(COC(=O)CCCCCCCCCCC)OC(=O)CCCCCCCCCCC/C=C\C/C=C\CCCCC. The van der Waals surface area contributed by atoms with Gasteiger partial charge in [0, 0.05) is 19.3 Å². The van der Waals surface area contributed by atoms with Gasteiger partial charge in [-0.2, -0.15) is 0 Å². The molecule has 0 aromatic carbocycles. The second-order valence-electron chi connectivity index (χ2n) is 21.6. The second-order valence-corrected chi connectivity index (χ2v) is 21.6. The van der Waals surface area contributed by atoms with Gasteiger partial charge in [0.15, 0.2) is 6.10 Å². The normalized spacial score (nSPS) is 12.9. The highest BCUT2D eigenvalue weighted by molar-refractivity contribution is 5.71. The third kappa shape index (κ3) is 64.5. The van der Waals surface area contributed by atoms with Crippen molar-refractivity contribution in [1.82, 2.24) is 0 Å². The van der Waals surface area contributed by atoms with Gasteiger partial charge in [0.2, 0.25) is 0 Å². The molecule has 0 aromatic heterocycles. The summed E-state index contributed by atoms with van der Waals surface area (Å²) in [6.45, 7) is 6.49. The number of unbranched alkanes of at least 4 members (excludes halogenated alkanes) is 28. The third-order valence-corrected chi connectivity index (χ3v) is 14.0. The fourth-order valence-electron chi connectivity index (χ4n) is 9.02. The maximum absolute atomic E-state index is 12.9. The number of carbonyl (C=O) groups excluding carboxylic acids is 3. The highest BCUT2D eigenvalue weighted by Gasteiger charge is 2.19. The summed E-state index contributed by atoms with van der Waals surface area (Å²) < 4.78 is 16.9. The average molecular weight is 1100 g/mol. The van der Waals surface area contributed by atoms with E-state index in [0.717, 1.165) is 122 Å². The van der Waals surface area contributed by atoms with Gasteiger partial charge in [-0.3, -0.25) is 14.4 Å². The van der Waals surface area contributed by atoms with Crippen LogP contribution in [0.3, 0.4) is 0 Å². The highest BCUT2D eigenvalue weighted by Crippen LogP contribution is 2.16. The molecule has 0 aromatic rings. The van der Waals surface area contributed by atoms with E-state index in [4.69, 9.17) is 14.2 Å². The Morgan fingerprint density at radius 3 is 0.797 bits per heavy atom. The molecule has 0 heterocycles. The van der Waals surface area contributed by atoms with Gasteiger partial charge in [0.1, 0.15) is 13.2 Å². The molecule has 450 valence electrons. The van der Waals surface area contributed by atoms with Crippen LogP contribution in [0.15, 0.2) is 122 Å². The van der Waals surface area contributed by atoms with Gasteiger partial charge in [-0.1, -0.05) is 290 Å². The van der Waals surface area contributed by atoms with Crippen molar-refractivity contribution in [2.75, 3.05) is 13.2 Å². The van der Waals surface area contributed by atoms with E-state index in [1.54, 1.807) is 0 Å². The van der Waals surface area contributed by atoms with Crippen LogP contribution in [0.1, 0.15) is 303 Å². The molecule has 0 amide bonds. The van der Waals surface area contributed by atoms with Crippen molar-refractivity contribution >= 4 is 17.9 Å². The van der Waals surface area contributed by atoms with E-state index < -0.39 is 6.10 Å². The molecule has 0 bridgehead atoms. The number of esters is 3. The number of carbonyl (C=O) groups is 3. The summed E-state index contributed by atoms with van der Waals surface area (Å²) in [5, 5.41) is 0. The van der Waals surface area contributed by atoms with Crippen molar-refractivity contribution in [1.29, 1.82) is 0 Å². The zero-order valence-corrected chi connectivity index (χ0v) is 51.6. The summed E-state index contributed by atoms with van der Waals surface area (Å²) in [4.78, 5) is 38.2. The fraction of sp³-hybridized carbons (Fsp3) is 0.685. The first-order chi connectivity index (χ1) is 39.0. The Labute approximate surface area is 488 Å². The molecule has 0 aliphatic carbocycles. The number of hydrogen-bond acceptors (Lipinski definition) is 6. The zero-order valence-electron chi connectivity index (χ0n) is 51.6. The molecule has 79 heavy (non-hydrogen) atoms. The van der Waals surface area contributed by atoms with Crippen LogP contribution in [0.4, 0.5) is 0 Å². The summed E-state index contributed by atoms with van der Waals surface area (Å²) in [5.41, 5.74) is 0.